The SMILES string of the molecule is CC(C)n1ncc2c(C(=O)NCC#Cc3ccccc3)cc(-c3ccccc3)nc21. The van der Waals surface area contributed by atoms with Crippen LogP contribution in [0.1, 0.15) is 35.8 Å². The molecule has 5 nitrogen and oxygen atoms in total. The van der Waals surface area contributed by atoms with Gasteiger partial charge in [-0.05, 0) is 32.0 Å². The molecule has 4 aromatic rings. The number of amides is 1. The van der Waals surface area contributed by atoms with Gasteiger partial charge in [0.15, 0.2) is 5.65 Å². The molecule has 0 spiro atoms. The minimum atomic E-state index is -0.190. The molecule has 0 aliphatic heterocycles. The van der Waals surface area contributed by atoms with Gasteiger partial charge in [0.25, 0.3) is 5.91 Å². The van der Waals surface area contributed by atoms with Crippen LogP contribution >= 0.6 is 0 Å². The number of nitrogens with one attached hydrogen (secondary N) is 1. The fourth-order valence-electron chi connectivity index (χ4n) is 3.23. The van der Waals surface area contributed by atoms with Crippen LogP contribution in [0.15, 0.2) is 72.9 Å². The highest BCUT2D eigenvalue weighted by atomic mass is 16.1. The summed E-state index contributed by atoms with van der Waals surface area (Å²) in [5.41, 5.74) is 3.86. The number of aromatic nitrogens is 3. The summed E-state index contributed by atoms with van der Waals surface area (Å²) < 4.78 is 1.84. The third-order valence-corrected chi connectivity index (χ3v) is 4.71. The van der Waals surface area contributed by atoms with E-state index in [-0.39, 0.29) is 18.5 Å². The fourth-order valence-corrected chi connectivity index (χ4v) is 3.23. The maximum absolute atomic E-state index is 13.0. The van der Waals surface area contributed by atoms with E-state index in [4.69, 9.17) is 4.98 Å². The lowest BCUT2D eigenvalue weighted by Crippen LogP contribution is -2.24. The first kappa shape index (κ1) is 19.4. The molecule has 0 aliphatic rings. The Morgan fingerprint density at radius 1 is 1.07 bits per heavy atom. The summed E-state index contributed by atoms with van der Waals surface area (Å²) in [6.07, 6.45) is 1.71. The van der Waals surface area contributed by atoms with Crippen LogP contribution in [-0.2, 0) is 0 Å². The van der Waals surface area contributed by atoms with Crippen LogP contribution in [0.3, 0.4) is 0 Å². The lowest BCUT2D eigenvalue weighted by Gasteiger charge is -2.10. The first-order chi connectivity index (χ1) is 14.6. The van der Waals surface area contributed by atoms with E-state index < -0.39 is 0 Å². The molecule has 0 saturated carbocycles. The Morgan fingerprint density at radius 2 is 1.77 bits per heavy atom. The van der Waals surface area contributed by atoms with Gasteiger partial charge in [0, 0.05) is 17.2 Å². The molecule has 30 heavy (non-hydrogen) atoms. The molecule has 0 unspecified atom stereocenters. The normalized spacial score (nSPS) is 10.6. The number of hydrogen-bond donors (Lipinski definition) is 1. The minimum absolute atomic E-state index is 0.133. The zero-order valence-electron chi connectivity index (χ0n) is 17.0. The number of carbonyl (C=O) groups is 1. The van der Waals surface area contributed by atoms with Gasteiger partial charge in [-0.1, -0.05) is 60.4 Å². The Kier molecular flexibility index (Phi) is 5.58. The van der Waals surface area contributed by atoms with Gasteiger partial charge in [-0.3, -0.25) is 4.79 Å². The van der Waals surface area contributed by atoms with Crippen molar-refractivity contribution in [1.29, 1.82) is 0 Å². The first-order valence-corrected chi connectivity index (χ1v) is 9.89. The van der Waals surface area contributed by atoms with Crippen molar-refractivity contribution in [2.24, 2.45) is 0 Å². The molecule has 0 fully saturated rings. The third-order valence-electron chi connectivity index (χ3n) is 4.71. The highest BCUT2D eigenvalue weighted by Crippen LogP contribution is 2.26. The number of carbonyl (C=O) groups excluding carboxylic acids is 1. The highest BCUT2D eigenvalue weighted by molar-refractivity contribution is 6.06. The molecular weight excluding hydrogens is 372 g/mol. The average molecular weight is 394 g/mol. The predicted octanol–water partition coefficient (Wildman–Crippen LogP) is 4.46. The van der Waals surface area contributed by atoms with E-state index >= 15 is 0 Å². The van der Waals surface area contributed by atoms with Gasteiger partial charge in [0.05, 0.1) is 29.4 Å². The second-order valence-corrected chi connectivity index (χ2v) is 7.19. The predicted molar refractivity (Wildman–Crippen MR) is 119 cm³/mol. The summed E-state index contributed by atoms with van der Waals surface area (Å²) in [6, 6.07) is 21.5. The molecule has 4 rings (SSSR count). The van der Waals surface area contributed by atoms with Gasteiger partial charge in [0.1, 0.15) is 0 Å². The van der Waals surface area contributed by atoms with Crippen LogP contribution in [-0.4, -0.2) is 27.2 Å². The number of nitrogens with zero attached hydrogens (tertiary/aromatic N) is 3. The van der Waals surface area contributed by atoms with Crippen molar-refractivity contribution >= 4 is 16.9 Å². The molecule has 5 heteroatoms. The Labute approximate surface area is 175 Å². The van der Waals surface area contributed by atoms with Gasteiger partial charge in [-0.2, -0.15) is 5.10 Å². The lowest BCUT2D eigenvalue weighted by atomic mass is 10.1. The number of benzene rings is 2. The maximum atomic E-state index is 13.0. The number of rotatable bonds is 4. The van der Waals surface area contributed by atoms with E-state index in [1.54, 1.807) is 6.20 Å². The standard InChI is InChI=1S/C25H22N4O/c1-18(2)29-24-22(17-27-29)21(16-23(28-24)20-13-7-4-8-14-20)25(30)26-15-9-12-19-10-5-3-6-11-19/h3-8,10-11,13-14,16-18H,15H2,1-2H3,(H,26,30). The molecule has 0 bridgehead atoms. The molecule has 0 saturated heterocycles. The number of pyridine rings is 1. The summed E-state index contributed by atoms with van der Waals surface area (Å²) in [5, 5.41) is 8.09. The molecule has 2 heterocycles. The van der Waals surface area contributed by atoms with E-state index in [9.17, 15) is 4.79 Å². The Hall–Kier alpha value is -3.91. The minimum Gasteiger partial charge on any atom is -0.341 e. The summed E-state index contributed by atoms with van der Waals surface area (Å²) in [6.45, 7) is 4.35. The van der Waals surface area contributed by atoms with Crippen LogP contribution in [0, 0.1) is 11.8 Å². The third kappa shape index (κ3) is 4.08. The fraction of sp³-hybridized carbons (Fsp3) is 0.160. The molecule has 2 aromatic carbocycles. The van der Waals surface area contributed by atoms with Crippen LogP contribution < -0.4 is 5.32 Å². The second-order valence-electron chi connectivity index (χ2n) is 7.19. The molecule has 1 N–H and O–H groups in total. The Morgan fingerprint density at radius 3 is 2.47 bits per heavy atom. The molecule has 0 aliphatic carbocycles. The van der Waals surface area contributed by atoms with Crippen molar-refractivity contribution < 1.29 is 4.79 Å². The number of hydrogen-bond acceptors (Lipinski definition) is 3. The van der Waals surface area contributed by atoms with Crippen LogP contribution in [0.25, 0.3) is 22.3 Å². The second kappa shape index (κ2) is 8.62. The molecule has 0 atom stereocenters. The van der Waals surface area contributed by atoms with E-state index in [1.165, 1.54) is 0 Å². The summed E-state index contributed by atoms with van der Waals surface area (Å²) in [4.78, 5) is 17.8. The summed E-state index contributed by atoms with van der Waals surface area (Å²) in [7, 11) is 0. The Bertz CT molecular complexity index is 1230. The van der Waals surface area contributed by atoms with Crippen molar-refractivity contribution in [2.75, 3.05) is 6.54 Å². The van der Waals surface area contributed by atoms with Gasteiger partial charge in [0.2, 0.25) is 0 Å². The molecule has 2 aromatic heterocycles. The van der Waals surface area contributed by atoms with Crippen molar-refractivity contribution in [1.82, 2.24) is 20.1 Å². The zero-order chi connectivity index (χ0) is 20.9. The van der Waals surface area contributed by atoms with Gasteiger partial charge >= 0.3 is 0 Å². The van der Waals surface area contributed by atoms with Gasteiger partial charge in [-0.25, -0.2) is 9.67 Å². The van der Waals surface area contributed by atoms with E-state index in [0.29, 0.717) is 11.2 Å². The van der Waals surface area contributed by atoms with Crippen molar-refractivity contribution in [3.05, 3.63) is 84.1 Å². The smallest absolute Gasteiger partial charge is 0.252 e. The first-order valence-electron chi connectivity index (χ1n) is 9.89. The van der Waals surface area contributed by atoms with Crippen LogP contribution in [0.5, 0.6) is 0 Å². The molecule has 1 amide bonds. The molecular formula is C25H22N4O. The van der Waals surface area contributed by atoms with Crippen LogP contribution in [0.2, 0.25) is 0 Å². The largest absolute Gasteiger partial charge is 0.341 e. The monoisotopic (exact) mass is 394 g/mol. The maximum Gasteiger partial charge on any atom is 0.252 e. The molecule has 148 valence electrons. The topological polar surface area (TPSA) is 59.8 Å². The van der Waals surface area contributed by atoms with Crippen LogP contribution in [0.4, 0.5) is 0 Å². The summed E-state index contributed by atoms with van der Waals surface area (Å²) >= 11 is 0. The van der Waals surface area contributed by atoms with Gasteiger partial charge in [-0.15, -0.1) is 0 Å². The van der Waals surface area contributed by atoms with E-state index in [0.717, 1.165) is 22.2 Å². The van der Waals surface area contributed by atoms with Crippen molar-refractivity contribution in [2.45, 2.75) is 19.9 Å². The van der Waals surface area contributed by atoms with E-state index in [1.807, 2.05) is 85.3 Å². The quantitative estimate of drug-likeness (QED) is 0.520. The highest BCUT2D eigenvalue weighted by Gasteiger charge is 2.18. The Balaban J connectivity index is 1.67. The molecule has 0 radical (unpaired) electrons. The van der Waals surface area contributed by atoms with Crippen molar-refractivity contribution in [3.8, 4) is 23.1 Å². The number of fused-ring (bicyclic) bond motifs is 1. The zero-order valence-corrected chi connectivity index (χ0v) is 17.0. The van der Waals surface area contributed by atoms with E-state index in [2.05, 4.69) is 22.3 Å². The lowest BCUT2D eigenvalue weighted by molar-refractivity contribution is 0.0960. The average Bonchev–Trinajstić information content (AvgIpc) is 3.21. The van der Waals surface area contributed by atoms with Gasteiger partial charge < -0.3 is 5.32 Å². The summed E-state index contributed by atoms with van der Waals surface area (Å²) in [5.74, 6) is 5.86. The van der Waals surface area contributed by atoms with Crippen molar-refractivity contribution in [3.63, 3.8) is 0 Å².